The highest BCUT2D eigenvalue weighted by molar-refractivity contribution is 7.62. The molecule has 0 saturated carbocycles. The molecule has 0 rings (SSSR count). The lowest BCUT2D eigenvalue weighted by atomic mass is 9.99. The molecule has 0 heterocycles. The molecule has 0 aliphatic heterocycles. The molecule has 4 N–H and O–H groups in total. The molecule has 0 radical (unpaired) electrons. The highest BCUT2D eigenvalue weighted by Gasteiger charge is 2.33. The Morgan fingerprint density at radius 2 is 1.77 bits per heavy atom. The van der Waals surface area contributed by atoms with Gasteiger partial charge in [-0.15, -0.1) is 0 Å². The normalized spacial score (nSPS) is 17.4. The van der Waals surface area contributed by atoms with E-state index in [1.807, 2.05) is 0 Å². The van der Waals surface area contributed by atoms with Crippen molar-refractivity contribution in [1.29, 1.82) is 0 Å². The lowest BCUT2D eigenvalue weighted by Gasteiger charge is -2.28. The number of amides is 1. The molecule has 0 bridgehead atoms. The maximum absolute atomic E-state index is 11.9. The molecule has 0 aliphatic carbocycles. The Morgan fingerprint density at radius 3 is 2.14 bits per heavy atom. The first kappa shape index (κ1) is 21.0. The summed E-state index contributed by atoms with van der Waals surface area (Å²) in [5.41, 5.74) is 0. The summed E-state index contributed by atoms with van der Waals surface area (Å²) >= 11 is 0. The Kier molecular flexibility index (Phi) is 8.25. The van der Waals surface area contributed by atoms with Gasteiger partial charge in [0.1, 0.15) is 13.0 Å². The zero-order valence-corrected chi connectivity index (χ0v) is 14.6. The van der Waals surface area contributed by atoms with E-state index < -0.39 is 42.9 Å². The summed E-state index contributed by atoms with van der Waals surface area (Å²) in [6.45, 7) is 7.44. The van der Waals surface area contributed by atoms with Crippen LogP contribution in [0.4, 0.5) is 0 Å². The van der Waals surface area contributed by atoms with Crippen molar-refractivity contribution in [3.8, 4) is 0 Å². The second-order valence-electron chi connectivity index (χ2n) is 5.92. The van der Waals surface area contributed by atoms with Crippen molar-refractivity contribution in [3.63, 3.8) is 0 Å². The smallest absolute Gasteiger partial charge is 0.329 e. The van der Waals surface area contributed by atoms with E-state index in [1.165, 1.54) is 13.3 Å². The third-order valence-corrected chi connectivity index (χ3v) is 5.34. The van der Waals surface area contributed by atoms with Crippen LogP contribution in [0.15, 0.2) is 0 Å². The number of carboxylic acids is 1. The van der Waals surface area contributed by atoms with E-state index in [0.717, 1.165) is 0 Å². The van der Waals surface area contributed by atoms with Gasteiger partial charge in [-0.25, -0.2) is 9.86 Å². The van der Waals surface area contributed by atoms with Gasteiger partial charge in [-0.2, -0.15) is 0 Å². The van der Waals surface area contributed by atoms with Crippen LogP contribution in [0.1, 0.15) is 27.2 Å². The predicted molar refractivity (Wildman–Crippen MR) is 82.4 cm³/mol. The molecule has 0 spiro atoms. The largest absolute Gasteiger partial charge is 0.480 e. The van der Waals surface area contributed by atoms with E-state index in [2.05, 4.69) is 5.32 Å². The first-order chi connectivity index (χ1) is 9.93. The van der Waals surface area contributed by atoms with Gasteiger partial charge in [0, 0.05) is 6.04 Å². The first-order valence-corrected chi connectivity index (χ1v) is 9.80. The summed E-state index contributed by atoms with van der Waals surface area (Å²) in [5.74, 6) is -3.66. The summed E-state index contributed by atoms with van der Waals surface area (Å²) in [5, 5.41) is 31.6. The monoisotopic (exact) mass is 338 g/mol. The van der Waals surface area contributed by atoms with Gasteiger partial charge in [0.15, 0.2) is 6.04 Å². The minimum Gasteiger partial charge on any atom is -0.480 e. The van der Waals surface area contributed by atoms with Crippen LogP contribution in [0, 0.1) is 5.92 Å². The van der Waals surface area contributed by atoms with Gasteiger partial charge < -0.3 is 20.1 Å². The zero-order valence-electron chi connectivity index (χ0n) is 13.7. The van der Waals surface area contributed by atoms with Crippen LogP contribution >= 0.6 is 7.14 Å². The summed E-state index contributed by atoms with van der Waals surface area (Å²) < 4.78 is 11.7. The highest BCUT2D eigenvalue weighted by Crippen LogP contribution is 2.42. The van der Waals surface area contributed by atoms with Crippen LogP contribution in [-0.2, 0) is 14.2 Å². The lowest BCUT2D eigenvalue weighted by molar-refractivity contribution is -0.190. The Labute approximate surface area is 130 Å². The number of carboxylic acid groups (broad SMARTS) is 1. The molecular weight excluding hydrogens is 311 g/mol. The fraction of sp³-hybridized carbons (Fsp3) is 0.846. The zero-order chi connectivity index (χ0) is 17.7. The van der Waals surface area contributed by atoms with E-state index >= 15 is 0 Å². The minimum absolute atomic E-state index is 0.208. The molecular formula is C13H27N2O6P. The molecule has 4 atom stereocenters. The molecule has 22 heavy (non-hydrogen) atoms. The number of hydroxylamine groups is 2. The number of carbonyl (C=O) groups excluding carboxylic acids is 1. The van der Waals surface area contributed by atoms with Gasteiger partial charge in [0.2, 0.25) is 0 Å². The van der Waals surface area contributed by atoms with Gasteiger partial charge >= 0.3 is 5.97 Å². The number of nitrogens with one attached hydrogen (secondary N) is 1. The maximum Gasteiger partial charge on any atom is 0.329 e. The summed E-state index contributed by atoms with van der Waals surface area (Å²) in [6.07, 6.45) is 0.485. The third kappa shape index (κ3) is 6.04. The van der Waals surface area contributed by atoms with Crippen LogP contribution < -0.4 is 5.32 Å². The summed E-state index contributed by atoms with van der Waals surface area (Å²) in [7, 11) is -2.74. The van der Waals surface area contributed by atoms with Crippen molar-refractivity contribution in [3.05, 3.63) is 0 Å². The molecule has 1 amide bonds. The maximum atomic E-state index is 11.9. The van der Waals surface area contributed by atoms with Crippen molar-refractivity contribution in [2.24, 2.45) is 5.92 Å². The van der Waals surface area contributed by atoms with Crippen molar-refractivity contribution < 1.29 is 29.6 Å². The van der Waals surface area contributed by atoms with Crippen LogP contribution in [0.2, 0.25) is 0 Å². The van der Waals surface area contributed by atoms with E-state index in [4.69, 9.17) is 5.11 Å². The second kappa shape index (κ2) is 8.62. The fourth-order valence-electron chi connectivity index (χ4n) is 1.94. The van der Waals surface area contributed by atoms with Gasteiger partial charge in [0.05, 0.1) is 6.54 Å². The van der Waals surface area contributed by atoms with Crippen molar-refractivity contribution in [2.75, 3.05) is 19.9 Å². The molecule has 4 unspecified atom stereocenters. The molecule has 0 aromatic rings. The molecule has 0 aromatic heterocycles. The van der Waals surface area contributed by atoms with Crippen molar-refractivity contribution in [2.45, 2.75) is 45.1 Å². The van der Waals surface area contributed by atoms with Crippen molar-refractivity contribution in [1.82, 2.24) is 10.4 Å². The molecule has 0 fully saturated rings. The molecule has 8 nitrogen and oxygen atoms in total. The van der Waals surface area contributed by atoms with E-state index in [-0.39, 0.29) is 11.6 Å². The van der Waals surface area contributed by atoms with Crippen LogP contribution in [0.3, 0.4) is 0 Å². The minimum atomic E-state index is -2.74. The number of aliphatic hydroxyl groups excluding tert-OH is 1. The topological polar surface area (TPSA) is 127 Å². The first-order valence-electron chi connectivity index (χ1n) is 7.13. The molecule has 0 aromatic carbocycles. The van der Waals surface area contributed by atoms with Gasteiger partial charge in [0.25, 0.3) is 5.91 Å². The Hall–Kier alpha value is -0.950. The second-order valence-corrected chi connectivity index (χ2v) is 9.32. The van der Waals surface area contributed by atoms with Gasteiger partial charge in [-0.3, -0.25) is 10.0 Å². The number of hydrogen-bond acceptors (Lipinski definition) is 6. The van der Waals surface area contributed by atoms with Crippen molar-refractivity contribution >= 4 is 19.0 Å². The number of carbonyl (C=O) groups is 2. The van der Waals surface area contributed by atoms with Crippen LogP contribution in [-0.4, -0.2) is 70.2 Å². The Bertz CT molecular complexity index is 438. The number of aliphatic hydroxyl groups is 1. The van der Waals surface area contributed by atoms with E-state index in [1.54, 1.807) is 20.8 Å². The number of rotatable bonds is 9. The standard InChI is InChI=1S/C13H27N2O6P/c1-6-8(2)11(12(17)18)15(20)10(16)7-14-9(3)13(19)22(4,5)21/h8-9,11,13-14,19-20H,6-7H2,1-5H3,(H,17,18). The average Bonchev–Trinajstić information content (AvgIpc) is 2.41. The average molecular weight is 338 g/mol. The summed E-state index contributed by atoms with van der Waals surface area (Å²) in [6, 6.07) is -1.96. The van der Waals surface area contributed by atoms with E-state index in [9.17, 15) is 24.5 Å². The SMILES string of the molecule is CCC(C)C(C(=O)O)N(O)C(=O)CNC(C)C(O)P(C)(C)=O. The number of aliphatic carboxylic acids is 1. The molecule has 9 heteroatoms. The lowest BCUT2D eigenvalue weighted by Crippen LogP contribution is -2.51. The number of hydrogen-bond donors (Lipinski definition) is 4. The number of nitrogens with zero attached hydrogens (tertiary/aromatic N) is 1. The molecule has 0 aliphatic rings. The molecule has 0 saturated heterocycles. The van der Waals surface area contributed by atoms with Gasteiger partial charge in [-0.05, 0) is 26.2 Å². The van der Waals surface area contributed by atoms with Crippen LogP contribution in [0.5, 0.6) is 0 Å². The predicted octanol–water partition coefficient (Wildman–Crippen LogP) is 0.623. The Morgan fingerprint density at radius 1 is 1.27 bits per heavy atom. The fourth-order valence-corrected chi connectivity index (χ4v) is 3.12. The van der Waals surface area contributed by atoms with E-state index in [0.29, 0.717) is 6.42 Å². The van der Waals surface area contributed by atoms with Gasteiger partial charge in [-0.1, -0.05) is 20.3 Å². The summed E-state index contributed by atoms with van der Waals surface area (Å²) in [4.78, 5) is 23.1. The third-order valence-electron chi connectivity index (χ3n) is 3.61. The highest BCUT2D eigenvalue weighted by atomic mass is 31.2. The van der Waals surface area contributed by atoms with Crippen LogP contribution in [0.25, 0.3) is 0 Å². The Balaban J connectivity index is 4.71. The quantitative estimate of drug-likeness (QED) is 0.276. The molecule has 130 valence electrons.